The van der Waals surface area contributed by atoms with E-state index in [4.69, 9.17) is 9.47 Å². The van der Waals surface area contributed by atoms with Crippen molar-refractivity contribution in [3.63, 3.8) is 0 Å². The Kier molecular flexibility index (Phi) is 5.70. The number of ether oxygens (including phenoxy) is 2. The number of anilines is 1. The first-order valence-electron chi connectivity index (χ1n) is 10.6. The molecular formula is C25H32N2O2. The summed E-state index contributed by atoms with van der Waals surface area (Å²) in [5.41, 5.74) is 3.71. The molecule has 4 rings (SSSR count). The number of hydrogen-bond acceptors (Lipinski definition) is 4. The van der Waals surface area contributed by atoms with Crippen LogP contribution in [0.5, 0.6) is 11.5 Å². The third kappa shape index (κ3) is 5.06. The third-order valence-electron chi connectivity index (χ3n) is 5.80. The van der Waals surface area contributed by atoms with E-state index in [0.717, 1.165) is 36.7 Å². The summed E-state index contributed by atoms with van der Waals surface area (Å²) in [7, 11) is 4.09. The summed E-state index contributed by atoms with van der Waals surface area (Å²) >= 11 is 0. The summed E-state index contributed by atoms with van der Waals surface area (Å²) < 4.78 is 12.0. The monoisotopic (exact) mass is 392 g/mol. The zero-order valence-corrected chi connectivity index (χ0v) is 17.8. The van der Waals surface area contributed by atoms with Gasteiger partial charge >= 0.3 is 0 Å². The third-order valence-corrected chi connectivity index (χ3v) is 5.80. The summed E-state index contributed by atoms with van der Waals surface area (Å²) in [4.78, 5) is 4.43. The van der Waals surface area contributed by atoms with Crippen LogP contribution in [-0.2, 0) is 0 Å². The molecule has 0 spiro atoms. The van der Waals surface area contributed by atoms with Crippen LogP contribution >= 0.6 is 0 Å². The standard InChI is InChI=1S/C25H32N2O2/c1-18(15-19(2)26(3)4)20-5-9-22(10-6-20)29-25-16-27(17-25)21-7-11-23(12-8-21)28-24-13-14-24/h5-12,18,24-25H,2,13-17H2,1,3-4H3/t18-/m1/s1. The van der Waals surface area contributed by atoms with E-state index in [1.807, 2.05) is 14.1 Å². The van der Waals surface area contributed by atoms with Gasteiger partial charge in [-0.25, -0.2) is 0 Å². The van der Waals surface area contributed by atoms with Crippen LogP contribution in [0.2, 0.25) is 0 Å². The Morgan fingerprint density at radius 3 is 2.07 bits per heavy atom. The summed E-state index contributed by atoms with van der Waals surface area (Å²) in [5.74, 6) is 2.38. The fourth-order valence-corrected chi connectivity index (χ4v) is 3.56. The van der Waals surface area contributed by atoms with Gasteiger partial charge in [0, 0.05) is 25.5 Å². The predicted octanol–water partition coefficient (Wildman–Crippen LogP) is 5.06. The van der Waals surface area contributed by atoms with Gasteiger partial charge in [0.1, 0.15) is 17.6 Å². The Hall–Kier alpha value is -2.62. The largest absolute Gasteiger partial charge is 0.490 e. The average Bonchev–Trinajstić information content (AvgIpc) is 3.49. The fourth-order valence-electron chi connectivity index (χ4n) is 3.56. The van der Waals surface area contributed by atoms with Crippen LogP contribution in [0.15, 0.2) is 60.8 Å². The molecule has 0 radical (unpaired) electrons. The smallest absolute Gasteiger partial charge is 0.133 e. The lowest BCUT2D eigenvalue weighted by Gasteiger charge is -2.40. The molecule has 1 aliphatic carbocycles. The number of benzene rings is 2. The molecule has 0 bridgehead atoms. The van der Waals surface area contributed by atoms with Crippen molar-refractivity contribution in [1.82, 2.24) is 4.90 Å². The first-order chi connectivity index (χ1) is 14.0. The highest BCUT2D eigenvalue weighted by Gasteiger charge is 2.29. The Balaban J connectivity index is 1.24. The number of allylic oxidation sites excluding steroid dienone is 1. The molecule has 1 saturated carbocycles. The van der Waals surface area contributed by atoms with Gasteiger partial charge in [-0.2, -0.15) is 0 Å². The molecule has 2 fully saturated rings. The van der Waals surface area contributed by atoms with Gasteiger partial charge in [-0.1, -0.05) is 25.6 Å². The van der Waals surface area contributed by atoms with E-state index in [1.54, 1.807) is 0 Å². The first-order valence-corrected chi connectivity index (χ1v) is 10.6. The van der Waals surface area contributed by atoms with Crippen LogP contribution in [0.3, 0.4) is 0 Å². The van der Waals surface area contributed by atoms with Crippen LogP contribution in [-0.4, -0.2) is 44.3 Å². The van der Waals surface area contributed by atoms with Gasteiger partial charge in [-0.3, -0.25) is 0 Å². The molecule has 1 heterocycles. The van der Waals surface area contributed by atoms with E-state index in [9.17, 15) is 0 Å². The van der Waals surface area contributed by atoms with Crippen LogP contribution in [0, 0.1) is 0 Å². The molecule has 1 atom stereocenters. The highest BCUT2D eigenvalue weighted by Crippen LogP contribution is 2.30. The maximum absolute atomic E-state index is 6.15. The molecular weight excluding hydrogens is 360 g/mol. The summed E-state index contributed by atoms with van der Waals surface area (Å²) in [6.07, 6.45) is 4.05. The van der Waals surface area contributed by atoms with Gasteiger partial charge in [-0.05, 0) is 67.1 Å². The van der Waals surface area contributed by atoms with Gasteiger partial charge in [0.2, 0.25) is 0 Å². The SMILES string of the molecule is C=C(C[C@@H](C)c1ccc(OC2CN(c3ccc(OC4CC4)cc3)C2)cc1)N(C)C. The fraction of sp³-hybridized carbons (Fsp3) is 0.440. The maximum atomic E-state index is 6.15. The quantitative estimate of drug-likeness (QED) is 0.595. The molecule has 1 aliphatic heterocycles. The van der Waals surface area contributed by atoms with Crippen molar-refractivity contribution < 1.29 is 9.47 Å². The molecule has 2 aromatic rings. The molecule has 2 aromatic carbocycles. The van der Waals surface area contributed by atoms with Crippen molar-refractivity contribution in [3.8, 4) is 11.5 Å². The normalized spacial score (nSPS) is 17.4. The topological polar surface area (TPSA) is 24.9 Å². The molecule has 29 heavy (non-hydrogen) atoms. The van der Waals surface area contributed by atoms with Crippen LogP contribution in [0.25, 0.3) is 0 Å². The zero-order chi connectivity index (χ0) is 20.4. The number of rotatable bonds is 9. The van der Waals surface area contributed by atoms with Gasteiger partial charge < -0.3 is 19.3 Å². The van der Waals surface area contributed by atoms with E-state index in [1.165, 1.54) is 24.1 Å². The molecule has 0 unspecified atom stereocenters. The van der Waals surface area contributed by atoms with Crippen molar-refractivity contribution in [2.45, 2.75) is 44.3 Å². The molecule has 1 saturated heterocycles. The zero-order valence-electron chi connectivity index (χ0n) is 17.8. The second-order valence-electron chi connectivity index (χ2n) is 8.59. The number of nitrogens with zero attached hydrogens (tertiary/aromatic N) is 2. The Labute approximate surface area is 174 Å². The van der Waals surface area contributed by atoms with Crippen molar-refractivity contribution >= 4 is 5.69 Å². The van der Waals surface area contributed by atoms with Crippen LogP contribution < -0.4 is 14.4 Å². The lowest BCUT2D eigenvalue weighted by atomic mass is 9.96. The van der Waals surface area contributed by atoms with E-state index >= 15 is 0 Å². The van der Waals surface area contributed by atoms with Crippen molar-refractivity contribution in [1.29, 1.82) is 0 Å². The highest BCUT2D eigenvalue weighted by atomic mass is 16.5. The van der Waals surface area contributed by atoms with E-state index in [-0.39, 0.29) is 6.10 Å². The molecule has 0 N–H and O–H groups in total. The van der Waals surface area contributed by atoms with Crippen LogP contribution in [0.4, 0.5) is 5.69 Å². The Bertz CT molecular complexity index is 819. The minimum Gasteiger partial charge on any atom is -0.490 e. The van der Waals surface area contributed by atoms with Crippen LogP contribution in [0.1, 0.15) is 37.7 Å². The predicted molar refractivity (Wildman–Crippen MR) is 119 cm³/mol. The summed E-state index contributed by atoms with van der Waals surface area (Å²) in [6.45, 7) is 8.22. The molecule has 2 aliphatic rings. The van der Waals surface area contributed by atoms with Gasteiger partial charge in [0.25, 0.3) is 0 Å². The molecule has 4 nitrogen and oxygen atoms in total. The second-order valence-corrected chi connectivity index (χ2v) is 8.59. The lowest BCUT2D eigenvalue weighted by Crippen LogP contribution is -2.54. The first kappa shape index (κ1) is 19.7. The van der Waals surface area contributed by atoms with E-state index in [2.05, 4.69) is 71.8 Å². The van der Waals surface area contributed by atoms with E-state index in [0.29, 0.717) is 12.0 Å². The highest BCUT2D eigenvalue weighted by molar-refractivity contribution is 5.51. The van der Waals surface area contributed by atoms with Crippen molar-refractivity contribution in [3.05, 3.63) is 66.4 Å². The minimum atomic E-state index is 0.245. The molecule has 154 valence electrons. The second kappa shape index (κ2) is 8.40. The lowest BCUT2D eigenvalue weighted by molar-refractivity contribution is 0.167. The average molecular weight is 393 g/mol. The van der Waals surface area contributed by atoms with Crippen molar-refractivity contribution in [2.24, 2.45) is 0 Å². The van der Waals surface area contributed by atoms with Gasteiger partial charge in [-0.15, -0.1) is 0 Å². The van der Waals surface area contributed by atoms with Crippen molar-refractivity contribution in [2.75, 3.05) is 32.1 Å². The molecule has 0 aromatic heterocycles. The minimum absolute atomic E-state index is 0.245. The Morgan fingerprint density at radius 1 is 0.966 bits per heavy atom. The summed E-state index contributed by atoms with van der Waals surface area (Å²) in [6, 6.07) is 17.0. The van der Waals surface area contributed by atoms with E-state index < -0.39 is 0 Å². The maximum Gasteiger partial charge on any atom is 0.133 e. The van der Waals surface area contributed by atoms with Gasteiger partial charge in [0.05, 0.1) is 19.2 Å². The molecule has 0 amide bonds. The molecule has 4 heteroatoms. The van der Waals surface area contributed by atoms with Gasteiger partial charge in [0.15, 0.2) is 0 Å². The Morgan fingerprint density at radius 2 is 1.52 bits per heavy atom. The summed E-state index contributed by atoms with van der Waals surface area (Å²) in [5, 5.41) is 0. The number of hydrogen-bond donors (Lipinski definition) is 0.